The fourth-order valence-electron chi connectivity index (χ4n) is 3.98. The Hall–Kier alpha value is -3.75. The van der Waals surface area contributed by atoms with Crippen LogP contribution < -0.4 is 21.1 Å². The van der Waals surface area contributed by atoms with Crippen LogP contribution >= 0.6 is 0 Å². The standard InChI is InChI=1S/C24H27N7O2/c1-16-12-21(29-24(26-16)30-10-2-3-11-30)27-18-6-8-19(9-7-18)28-22(32)14-31-15-25-20(13-23(31)33)17-4-5-17/h6-9,12-13,15,17H,2-5,10-11,14H2,1H3,(H,28,32)(H,26,27,29). The molecular formula is C24H27N7O2. The molecule has 1 aliphatic carbocycles. The molecule has 0 radical (unpaired) electrons. The van der Waals surface area contributed by atoms with E-state index in [2.05, 4.69) is 30.5 Å². The van der Waals surface area contributed by atoms with Gasteiger partial charge in [0, 0.05) is 48.2 Å². The van der Waals surface area contributed by atoms with Gasteiger partial charge in [0.25, 0.3) is 5.56 Å². The highest BCUT2D eigenvalue weighted by Gasteiger charge is 2.25. The number of amides is 1. The van der Waals surface area contributed by atoms with Crippen molar-refractivity contribution in [1.82, 2.24) is 19.5 Å². The minimum Gasteiger partial charge on any atom is -0.341 e. The normalized spacial score (nSPS) is 15.5. The summed E-state index contributed by atoms with van der Waals surface area (Å²) in [4.78, 5) is 40.4. The van der Waals surface area contributed by atoms with Crippen molar-refractivity contribution in [2.45, 2.75) is 45.1 Å². The quantitative estimate of drug-likeness (QED) is 0.575. The minimum atomic E-state index is -0.277. The SMILES string of the molecule is Cc1cc(Nc2ccc(NC(=O)Cn3cnc(C4CC4)cc3=O)cc2)nc(N2CCCC2)n1. The van der Waals surface area contributed by atoms with E-state index >= 15 is 0 Å². The van der Waals surface area contributed by atoms with Crippen molar-refractivity contribution in [2.24, 2.45) is 0 Å². The first kappa shape index (κ1) is 21.1. The van der Waals surface area contributed by atoms with Gasteiger partial charge in [-0.05, 0) is 56.9 Å². The zero-order valence-electron chi connectivity index (χ0n) is 18.6. The third kappa shape index (κ3) is 5.19. The van der Waals surface area contributed by atoms with Gasteiger partial charge in [0.05, 0.1) is 12.0 Å². The summed E-state index contributed by atoms with van der Waals surface area (Å²) < 4.78 is 1.33. The van der Waals surface area contributed by atoms with E-state index in [1.165, 1.54) is 29.8 Å². The van der Waals surface area contributed by atoms with Gasteiger partial charge in [0.1, 0.15) is 12.4 Å². The number of rotatable bonds is 7. The van der Waals surface area contributed by atoms with Crippen LogP contribution in [0.2, 0.25) is 0 Å². The summed E-state index contributed by atoms with van der Waals surface area (Å²) in [5, 5.41) is 6.14. The number of benzene rings is 1. The zero-order chi connectivity index (χ0) is 22.8. The summed E-state index contributed by atoms with van der Waals surface area (Å²) in [5.74, 6) is 1.63. The lowest BCUT2D eigenvalue weighted by Gasteiger charge is -2.17. The molecule has 1 saturated carbocycles. The van der Waals surface area contributed by atoms with Crippen LogP contribution in [0.15, 0.2) is 47.5 Å². The highest BCUT2D eigenvalue weighted by Crippen LogP contribution is 2.38. The molecule has 33 heavy (non-hydrogen) atoms. The Kier molecular flexibility index (Phi) is 5.77. The molecule has 3 heterocycles. The molecule has 2 fully saturated rings. The minimum absolute atomic E-state index is 0.0731. The van der Waals surface area contributed by atoms with E-state index in [-0.39, 0.29) is 18.0 Å². The molecule has 170 valence electrons. The summed E-state index contributed by atoms with van der Waals surface area (Å²) in [6.07, 6.45) is 5.97. The number of nitrogens with zero attached hydrogens (tertiary/aromatic N) is 5. The molecule has 2 aliphatic rings. The number of aryl methyl sites for hydroxylation is 1. The molecule has 1 saturated heterocycles. The average molecular weight is 446 g/mol. The van der Waals surface area contributed by atoms with E-state index in [0.717, 1.165) is 54.8 Å². The molecule has 2 N–H and O–H groups in total. The maximum Gasteiger partial charge on any atom is 0.254 e. The van der Waals surface area contributed by atoms with Crippen molar-refractivity contribution in [3.05, 3.63) is 64.5 Å². The summed E-state index contributed by atoms with van der Waals surface area (Å²) in [6.45, 7) is 3.87. The van der Waals surface area contributed by atoms with Gasteiger partial charge in [-0.3, -0.25) is 14.2 Å². The van der Waals surface area contributed by atoms with Gasteiger partial charge in [0.2, 0.25) is 11.9 Å². The van der Waals surface area contributed by atoms with E-state index < -0.39 is 0 Å². The first-order valence-electron chi connectivity index (χ1n) is 11.4. The van der Waals surface area contributed by atoms with E-state index in [0.29, 0.717) is 11.6 Å². The first-order chi connectivity index (χ1) is 16.0. The molecular weight excluding hydrogens is 418 g/mol. The van der Waals surface area contributed by atoms with Crippen molar-refractivity contribution in [3.63, 3.8) is 0 Å². The number of carbonyl (C=O) groups is 1. The number of nitrogens with one attached hydrogen (secondary N) is 2. The number of anilines is 4. The Balaban J connectivity index is 1.20. The van der Waals surface area contributed by atoms with E-state index in [1.807, 2.05) is 37.3 Å². The zero-order valence-corrected chi connectivity index (χ0v) is 18.6. The van der Waals surface area contributed by atoms with Gasteiger partial charge in [-0.2, -0.15) is 4.98 Å². The predicted octanol–water partition coefficient (Wildman–Crippen LogP) is 3.20. The largest absolute Gasteiger partial charge is 0.341 e. The second kappa shape index (κ2) is 9.01. The van der Waals surface area contributed by atoms with E-state index in [4.69, 9.17) is 0 Å². The van der Waals surface area contributed by atoms with Crippen LogP contribution in [0.3, 0.4) is 0 Å². The molecule has 1 amide bonds. The van der Waals surface area contributed by atoms with Crippen LogP contribution in [0.4, 0.5) is 23.1 Å². The summed E-state index contributed by atoms with van der Waals surface area (Å²) >= 11 is 0. The fraction of sp³-hybridized carbons (Fsp3) is 0.375. The Morgan fingerprint density at radius 3 is 2.48 bits per heavy atom. The van der Waals surface area contributed by atoms with E-state index in [9.17, 15) is 9.59 Å². The molecule has 3 aromatic rings. The Morgan fingerprint density at radius 1 is 1.06 bits per heavy atom. The topological polar surface area (TPSA) is 105 Å². The van der Waals surface area contributed by atoms with Crippen molar-refractivity contribution >= 4 is 29.0 Å². The van der Waals surface area contributed by atoms with Gasteiger partial charge in [-0.15, -0.1) is 0 Å². The molecule has 9 nitrogen and oxygen atoms in total. The van der Waals surface area contributed by atoms with Crippen molar-refractivity contribution < 1.29 is 4.79 Å². The molecule has 0 unspecified atom stereocenters. The van der Waals surface area contributed by atoms with Crippen LogP contribution in [0.25, 0.3) is 0 Å². The molecule has 1 aromatic carbocycles. The predicted molar refractivity (Wildman–Crippen MR) is 127 cm³/mol. The van der Waals surface area contributed by atoms with Crippen molar-refractivity contribution in [2.75, 3.05) is 28.6 Å². The van der Waals surface area contributed by atoms with Crippen LogP contribution in [-0.2, 0) is 11.3 Å². The lowest BCUT2D eigenvalue weighted by atomic mass is 10.2. The van der Waals surface area contributed by atoms with Gasteiger partial charge in [-0.1, -0.05) is 0 Å². The van der Waals surface area contributed by atoms with Gasteiger partial charge in [-0.25, -0.2) is 9.97 Å². The molecule has 0 bridgehead atoms. The third-order valence-corrected chi connectivity index (χ3v) is 5.88. The Morgan fingerprint density at radius 2 is 1.79 bits per heavy atom. The van der Waals surface area contributed by atoms with Gasteiger partial charge < -0.3 is 15.5 Å². The summed E-state index contributed by atoms with van der Waals surface area (Å²) in [7, 11) is 0. The summed E-state index contributed by atoms with van der Waals surface area (Å²) in [6, 6.07) is 10.8. The smallest absolute Gasteiger partial charge is 0.254 e. The van der Waals surface area contributed by atoms with Crippen LogP contribution in [0.5, 0.6) is 0 Å². The second-order valence-electron chi connectivity index (χ2n) is 8.69. The highest BCUT2D eigenvalue weighted by atomic mass is 16.2. The first-order valence-corrected chi connectivity index (χ1v) is 11.4. The Bertz CT molecular complexity index is 1210. The molecule has 0 spiro atoms. The Labute approximate surface area is 191 Å². The monoisotopic (exact) mass is 445 g/mol. The van der Waals surface area contributed by atoms with Crippen molar-refractivity contribution in [3.8, 4) is 0 Å². The highest BCUT2D eigenvalue weighted by molar-refractivity contribution is 5.90. The van der Waals surface area contributed by atoms with Crippen molar-refractivity contribution in [1.29, 1.82) is 0 Å². The third-order valence-electron chi connectivity index (χ3n) is 5.88. The van der Waals surface area contributed by atoms with Crippen LogP contribution in [-0.4, -0.2) is 38.5 Å². The van der Waals surface area contributed by atoms with Gasteiger partial charge in [0.15, 0.2) is 0 Å². The van der Waals surface area contributed by atoms with E-state index in [1.54, 1.807) is 0 Å². The number of hydrogen-bond donors (Lipinski definition) is 2. The number of carbonyl (C=O) groups excluding carboxylic acids is 1. The molecule has 0 atom stereocenters. The molecule has 9 heteroatoms. The maximum atomic E-state index is 12.4. The molecule has 2 aromatic heterocycles. The lowest BCUT2D eigenvalue weighted by molar-refractivity contribution is -0.116. The molecule has 5 rings (SSSR count). The number of aromatic nitrogens is 4. The van der Waals surface area contributed by atoms with Crippen LogP contribution in [0.1, 0.15) is 43.0 Å². The summed E-state index contributed by atoms with van der Waals surface area (Å²) in [5.41, 5.74) is 3.04. The molecule has 1 aliphatic heterocycles. The lowest BCUT2D eigenvalue weighted by Crippen LogP contribution is -2.27. The number of hydrogen-bond acceptors (Lipinski definition) is 7. The average Bonchev–Trinajstić information content (AvgIpc) is 3.49. The fourth-order valence-corrected chi connectivity index (χ4v) is 3.98. The van der Waals surface area contributed by atoms with Crippen LogP contribution in [0, 0.1) is 6.92 Å². The second-order valence-corrected chi connectivity index (χ2v) is 8.69. The van der Waals surface area contributed by atoms with Gasteiger partial charge >= 0.3 is 0 Å². The maximum absolute atomic E-state index is 12.4.